The summed E-state index contributed by atoms with van der Waals surface area (Å²) in [6.07, 6.45) is 2.17. The molecule has 0 saturated carbocycles. The zero-order valence-corrected chi connectivity index (χ0v) is 15.6. The molecule has 1 aromatic heterocycles. The fourth-order valence-corrected chi connectivity index (χ4v) is 4.18. The highest BCUT2D eigenvalue weighted by atomic mass is 32.1. The first-order valence-corrected chi connectivity index (χ1v) is 10.0. The molecule has 2 fully saturated rings. The van der Waals surface area contributed by atoms with Gasteiger partial charge in [-0.25, -0.2) is 9.78 Å². The predicted octanol–water partition coefficient (Wildman–Crippen LogP) is 1.29. The second-order valence-electron chi connectivity index (χ2n) is 6.80. The number of aliphatic hydroxyl groups excluding tert-OH is 1. The van der Waals surface area contributed by atoms with Crippen molar-refractivity contribution in [2.24, 2.45) is 0 Å². The van der Waals surface area contributed by atoms with Gasteiger partial charge in [0.15, 0.2) is 0 Å². The number of ether oxygens (including phenoxy) is 1. The van der Waals surface area contributed by atoms with Crippen LogP contribution in [0.4, 0.5) is 4.79 Å². The molecule has 0 unspecified atom stereocenters. The molecule has 7 nitrogen and oxygen atoms in total. The van der Waals surface area contributed by atoms with Crippen LogP contribution in [0.15, 0.2) is 10.9 Å². The van der Waals surface area contributed by atoms with Crippen molar-refractivity contribution in [3.05, 3.63) is 16.6 Å². The zero-order valence-electron chi connectivity index (χ0n) is 14.8. The van der Waals surface area contributed by atoms with E-state index in [4.69, 9.17) is 4.74 Å². The van der Waals surface area contributed by atoms with Gasteiger partial charge in [0, 0.05) is 50.2 Å². The third kappa shape index (κ3) is 5.13. The van der Waals surface area contributed by atoms with Gasteiger partial charge in [-0.2, -0.15) is 0 Å². The van der Waals surface area contributed by atoms with Crippen LogP contribution in [0.5, 0.6) is 0 Å². The third-order valence-electron chi connectivity index (χ3n) is 5.01. The summed E-state index contributed by atoms with van der Waals surface area (Å²) in [5, 5.41) is 16.2. The number of amides is 1. The molecule has 3 heterocycles. The molecule has 8 heteroatoms. The lowest BCUT2D eigenvalue weighted by Gasteiger charge is -2.40. The van der Waals surface area contributed by atoms with Crippen LogP contribution in [-0.4, -0.2) is 77.0 Å². The first-order chi connectivity index (χ1) is 12.2. The lowest BCUT2D eigenvalue weighted by Crippen LogP contribution is -2.56. The molecular weight excluding hydrogens is 340 g/mol. The molecule has 0 spiro atoms. The van der Waals surface area contributed by atoms with Crippen molar-refractivity contribution >= 4 is 17.4 Å². The second-order valence-corrected chi connectivity index (χ2v) is 7.52. The molecular formula is C17H28N4O3S. The molecule has 0 radical (unpaired) electrons. The van der Waals surface area contributed by atoms with Gasteiger partial charge in [-0.1, -0.05) is 0 Å². The van der Waals surface area contributed by atoms with E-state index in [9.17, 15) is 9.90 Å². The summed E-state index contributed by atoms with van der Waals surface area (Å²) in [5.41, 5.74) is 2.93. The molecule has 0 bridgehead atoms. The minimum atomic E-state index is -0.365. The van der Waals surface area contributed by atoms with E-state index in [0.717, 1.165) is 51.1 Å². The van der Waals surface area contributed by atoms with Crippen LogP contribution in [0.1, 0.15) is 31.9 Å². The van der Waals surface area contributed by atoms with E-state index < -0.39 is 0 Å². The van der Waals surface area contributed by atoms with Crippen molar-refractivity contribution < 1.29 is 14.6 Å². The Morgan fingerprint density at radius 3 is 2.84 bits per heavy atom. The maximum Gasteiger partial charge on any atom is 0.409 e. The summed E-state index contributed by atoms with van der Waals surface area (Å²) in [6, 6.07) is 0.487. The van der Waals surface area contributed by atoms with Gasteiger partial charge >= 0.3 is 6.09 Å². The lowest BCUT2D eigenvalue weighted by atomic mass is 9.97. The number of carbonyl (C=O) groups is 1. The summed E-state index contributed by atoms with van der Waals surface area (Å²) in [6.45, 7) is 6.14. The van der Waals surface area contributed by atoms with Crippen LogP contribution in [0.25, 0.3) is 0 Å². The van der Waals surface area contributed by atoms with Gasteiger partial charge in [0.2, 0.25) is 0 Å². The number of nitrogens with zero attached hydrogens (tertiary/aromatic N) is 3. The van der Waals surface area contributed by atoms with E-state index in [-0.39, 0.29) is 18.2 Å². The van der Waals surface area contributed by atoms with Crippen molar-refractivity contribution in [3.63, 3.8) is 0 Å². The molecule has 1 amide bonds. The Balaban J connectivity index is 1.40. The highest BCUT2D eigenvalue weighted by Crippen LogP contribution is 2.18. The molecule has 2 aliphatic heterocycles. The Morgan fingerprint density at radius 2 is 2.20 bits per heavy atom. The second kappa shape index (κ2) is 8.93. The fraction of sp³-hybridized carbons (Fsp3) is 0.765. The van der Waals surface area contributed by atoms with Gasteiger partial charge in [0.1, 0.15) is 0 Å². The minimum absolute atomic E-state index is 0.130. The van der Waals surface area contributed by atoms with Gasteiger partial charge < -0.3 is 20.1 Å². The summed E-state index contributed by atoms with van der Waals surface area (Å²) in [7, 11) is 0. The number of carbonyl (C=O) groups excluding carboxylic acids is 1. The van der Waals surface area contributed by atoms with Crippen LogP contribution in [-0.2, 0) is 11.3 Å². The average Bonchev–Trinajstić information content (AvgIpc) is 3.11. The van der Waals surface area contributed by atoms with Gasteiger partial charge in [-0.05, 0) is 26.2 Å². The van der Waals surface area contributed by atoms with Gasteiger partial charge in [-0.15, -0.1) is 11.3 Å². The standard InChI is InChI=1S/C17H28N4O3S/c1-2-24-17(23)21-7-3-13(4-8-21)19-15-5-6-20(10-16(15)22)9-14-11-25-12-18-14/h11-13,15-16,19,22H,2-10H2,1H3/t15-,16-/m1/s1. The van der Waals surface area contributed by atoms with E-state index in [1.165, 1.54) is 0 Å². The van der Waals surface area contributed by atoms with Crippen molar-refractivity contribution in [1.82, 2.24) is 20.1 Å². The SMILES string of the molecule is CCOC(=O)N1CCC(N[C@@H]2CCN(Cc3cscn3)C[C@H]2O)CC1. The van der Waals surface area contributed by atoms with Crippen molar-refractivity contribution in [2.45, 2.75) is 50.9 Å². The van der Waals surface area contributed by atoms with Gasteiger partial charge in [0.25, 0.3) is 0 Å². The normalized spacial score (nSPS) is 25.9. The Bertz CT molecular complexity index is 534. The van der Waals surface area contributed by atoms with Crippen LogP contribution in [0.3, 0.4) is 0 Å². The first kappa shape index (κ1) is 18.6. The Morgan fingerprint density at radius 1 is 1.40 bits per heavy atom. The molecule has 0 aromatic carbocycles. The molecule has 0 aliphatic carbocycles. The van der Waals surface area contributed by atoms with E-state index in [0.29, 0.717) is 19.2 Å². The Labute approximate surface area is 153 Å². The van der Waals surface area contributed by atoms with E-state index in [1.807, 2.05) is 12.4 Å². The molecule has 2 atom stereocenters. The summed E-state index contributed by atoms with van der Waals surface area (Å²) in [5.74, 6) is 0. The summed E-state index contributed by atoms with van der Waals surface area (Å²) >= 11 is 1.61. The third-order valence-corrected chi connectivity index (χ3v) is 5.64. The summed E-state index contributed by atoms with van der Waals surface area (Å²) in [4.78, 5) is 20.1. The Kier molecular flexibility index (Phi) is 6.63. The largest absolute Gasteiger partial charge is 0.450 e. The summed E-state index contributed by atoms with van der Waals surface area (Å²) < 4.78 is 5.06. The first-order valence-electron chi connectivity index (χ1n) is 9.11. The fourth-order valence-electron chi connectivity index (χ4n) is 3.63. The zero-order chi connectivity index (χ0) is 17.6. The van der Waals surface area contributed by atoms with Gasteiger partial charge in [-0.3, -0.25) is 4.90 Å². The number of rotatable bonds is 5. The molecule has 3 rings (SSSR count). The molecule has 140 valence electrons. The number of aliphatic hydroxyl groups is 1. The van der Waals surface area contributed by atoms with Crippen molar-refractivity contribution in [2.75, 3.05) is 32.8 Å². The quantitative estimate of drug-likeness (QED) is 0.815. The number of nitrogens with one attached hydrogen (secondary N) is 1. The number of thiazole rings is 1. The maximum atomic E-state index is 11.7. The highest BCUT2D eigenvalue weighted by Gasteiger charge is 2.31. The topological polar surface area (TPSA) is 77.9 Å². The number of likely N-dealkylation sites (tertiary alicyclic amines) is 2. The number of aromatic nitrogens is 1. The number of piperidine rings is 2. The van der Waals surface area contributed by atoms with Crippen molar-refractivity contribution in [3.8, 4) is 0 Å². The molecule has 25 heavy (non-hydrogen) atoms. The van der Waals surface area contributed by atoms with E-state index >= 15 is 0 Å². The minimum Gasteiger partial charge on any atom is -0.450 e. The van der Waals surface area contributed by atoms with Crippen LogP contribution in [0.2, 0.25) is 0 Å². The molecule has 1 aromatic rings. The van der Waals surface area contributed by atoms with Crippen LogP contribution >= 0.6 is 11.3 Å². The number of hydrogen-bond donors (Lipinski definition) is 2. The molecule has 2 saturated heterocycles. The van der Waals surface area contributed by atoms with Gasteiger partial charge in [0.05, 0.1) is 23.9 Å². The number of hydrogen-bond acceptors (Lipinski definition) is 7. The predicted molar refractivity (Wildman–Crippen MR) is 96.6 cm³/mol. The Hall–Kier alpha value is -1.22. The smallest absolute Gasteiger partial charge is 0.409 e. The van der Waals surface area contributed by atoms with Crippen LogP contribution < -0.4 is 5.32 Å². The molecule has 2 aliphatic rings. The van der Waals surface area contributed by atoms with Crippen molar-refractivity contribution in [1.29, 1.82) is 0 Å². The maximum absolute atomic E-state index is 11.7. The monoisotopic (exact) mass is 368 g/mol. The highest BCUT2D eigenvalue weighted by molar-refractivity contribution is 7.07. The number of β-amino-alcohol motifs (C(OH)–C–C–N with tert-alkyl or cyclic N) is 1. The van der Waals surface area contributed by atoms with Crippen LogP contribution in [0, 0.1) is 0 Å². The average molecular weight is 369 g/mol. The van der Waals surface area contributed by atoms with E-state index in [1.54, 1.807) is 16.2 Å². The lowest BCUT2D eigenvalue weighted by molar-refractivity contribution is 0.0279. The van der Waals surface area contributed by atoms with E-state index in [2.05, 4.69) is 20.6 Å². The molecule has 2 N–H and O–H groups in total.